The second-order valence-electron chi connectivity index (χ2n) is 1.93. The van der Waals surface area contributed by atoms with E-state index in [0.717, 1.165) is 6.54 Å². The first-order valence-electron chi connectivity index (χ1n) is 3.13. The minimum atomic E-state index is 0.838. The molecule has 0 amide bonds. The van der Waals surface area contributed by atoms with E-state index in [9.17, 15) is 0 Å². The summed E-state index contributed by atoms with van der Waals surface area (Å²) >= 11 is 5.36. The number of rotatable bonds is 2. The van der Waals surface area contributed by atoms with Crippen molar-refractivity contribution >= 4 is 11.6 Å². The Labute approximate surface area is 65.6 Å². The fourth-order valence-electron chi connectivity index (χ4n) is 0.718. The smallest absolute Gasteiger partial charge is 0.169 e. The third kappa shape index (κ3) is 2.19. The van der Waals surface area contributed by atoms with E-state index in [-0.39, 0.29) is 0 Å². The van der Waals surface area contributed by atoms with Gasteiger partial charge in [-0.05, 0) is 6.08 Å². The second kappa shape index (κ2) is 4.07. The highest BCUT2D eigenvalue weighted by atomic mass is 35.5. The van der Waals surface area contributed by atoms with Crippen LogP contribution in [0.1, 0.15) is 0 Å². The average Bonchev–Trinajstić information content (AvgIpc) is 2.03. The molecule has 0 saturated heterocycles. The van der Waals surface area contributed by atoms with Gasteiger partial charge in [0.25, 0.3) is 0 Å². The molecule has 0 aliphatic rings. The standard InChI is InChI=1S/C8H9ClN/c9-5-4-8-10-6-2-1-3-7-10/h1-7H,8H2/q+1/b5-4+. The van der Waals surface area contributed by atoms with E-state index in [0.29, 0.717) is 0 Å². The predicted molar refractivity (Wildman–Crippen MR) is 41.6 cm³/mol. The molecule has 1 aromatic rings. The third-order valence-corrected chi connectivity index (χ3v) is 1.36. The van der Waals surface area contributed by atoms with Crippen LogP contribution < -0.4 is 4.57 Å². The van der Waals surface area contributed by atoms with Crippen LogP contribution in [0.25, 0.3) is 0 Å². The predicted octanol–water partition coefficient (Wildman–Crippen LogP) is 1.73. The van der Waals surface area contributed by atoms with Crippen molar-refractivity contribution < 1.29 is 4.57 Å². The van der Waals surface area contributed by atoms with Gasteiger partial charge in [-0.1, -0.05) is 17.7 Å². The van der Waals surface area contributed by atoms with Crippen LogP contribution in [0.5, 0.6) is 0 Å². The maximum atomic E-state index is 5.36. The van der Waals surface area contributed by atoms with Crippen molar-refractivity contribution in [2.24, 2.45) is 0 Å². The van der Waals surface area contributed by atoms with Crippen molar-refractivity contribution in [2.75, 3.05) is 0 Å². The van der Waals surface area contributed by atoms with Gasteiger partial charge in [0.1, 0.15) is 0 Å². The highest BCUT2D eigenvalue weighted by Gasteiger charge is 1.89. The molecule has 0 fully saturated rings. The summed E-state index contributed by atoms with van der Waals surface area (Å²) in [6.45, 7) is 0.838. The molecule has 2 heteroatoms. The van der Waals surface area contributed by atoms with Crippen LogP contribution in [0.15, 0.2) is 42.2 Å². The van der Waals surface area contributed by atoms with Crippen molar-refractivity contribution in [1.29, 1.82) is 0 Å². The molecule has 0 aliphatic heterocycles. The molecular weight excluding hydrogens is 146 g/mol. The molecule has 0 unspecified atom stereocenters. The number of allylic oxidation sites excluding steroid dienone is 1. The Morgan fingerprint density at radius 3 is 2.50 bits per heavy atom. The zero-order valence-electron chi connectivity index (χ0n) is 5.57. The molecule has 0 atom stereocenters. The van der Waals surface area contributed by atoms with Gasteiger partial charge in [-0.3, -0.25) is 0 Å². The monoisotopic (exact) mass is 154 g/mol. The van der Waals surface area contributed by atoms with Gasteiger partial charge in [-0.25, -0.2) is 4.57 Å². The van der Waals surface area contributed by atoms with E-state index in [1.165, 1.54) is 5.54 Å². The van der Waals surface area contributed by atoms with Crippen LogP contribution in [0.2, 0.25) is 0 Å². The summed E-state index contributed by atoms with van der Waals surface area (Å²) in [7, 11) is 0. The lowest BCUT2D eigenvalue weighted by molar-refractivity contribution is -0.687. The molecule has 0 aromatic carbocycles. The van der Waals surface area contributed by atoms with Gasteiger partial charge in [0.05, 0.1) is 0 Å². The van der Waals surface area contributed by atoms with Crippen LogP contribution in [-0.4, -0.2) is 0 Å². The molecule has 1 heterocycles. The van der Waals surface area contributed by atoms with Gasteiger partial charge in [0.2, 0.25) is 0 Å². The number of nitrogens with zero attached hydrogens (tertiary/aromatic N) is 1. The summed E-state index contributed by atoms with van der Waals surface area (Å²) in [6.07, 6.45) is 5.88. The normalized spacial score (nSPS) is 10.5. The molecule has 52 valence electrons. The molecule has 0 N–H and O–H groups in total. The van der Waals surface area contributed by atoms with E-state index in [1.807, 2.05) is 41.2 Å². The Bertz CT molecular complexity index is 206. The van der Waals surface area contributed by atoms with E-state index in [2.05, 4.69) is 0 Å². The summed E-state index contributed by atoms with van der Waals surface area (Å²) in [6, 6.07) is 5.96. The molecule has 0 aliphatic carbocycles. The largest absolute Gasteiger partial charge is 0.201 e. The fraction of sp³-hybridized carbons (Fsp3) is 0.125. The number of aromatic nitrogens is 1. The van der Waals surface area contributed by atoms with Crippen molar-refractivity contribution in [3.8, 4) is 0 Å². The summed E-state index contributed by atoms with van der Waals surface area (Å²) in [5.74, 6) is 0. The highest BCUT2D eigenvalue weighted by molar-refractivity contribution is 6.25. The number of halogens is 1. The Balaban J connectivity index is 2.59. The molecule has 1 rings (SSSR count). The quantitative estimate of drug-likeness (QED) is 0.572. The number of pyridine rings is 1. The molecule has 1 nitrogen and oxygen atoms in total. The molecule has 1 aromatic heterocycles. The van der Waals surface area contributed by atoms with Crippen molar-refractivity contribution in [1.82, 2.24) is 0 Å². The zero-order chi connectivity index (χ0) is 7.23. The Kier molecular flexibility index (Phi) is 2.97. The van der Waals surface area contributed by atoms with Gasteiger partial charge in [-0.15, -0.1) is 0 Å². The van der Waals surface area contributed by atoms with Gasteiger partial charge in [0, 0.05) is 17.7 Å². The lowest BCUT2D eigenvalue weighted by Crippen LogP contribution is -2.30. The van der Waals surface area contributed by atoms with E-state index in [4.69, 9.17) is 11.6 Å². The maximum absolute atomic E-state index is 5.36. The molecule has 10 heavy (non-hydrogen) atoms. The molecule has 0 radical (unpaired) electrons. The van der Waals surface area contributed by atoms with Crippen LogP contribution in [0.3, 0.4) is 0 Å². The zero-order valence-corrected chi connectivity index (χ0v) is 6.33. The van der Waals surface area contributed by atoms with Gasteiger partial charge in [-0.2, -0.15) is 0 Å². The van der Waals surface area contributed by atoms with Crippen molar-refractivity contribution in [2.45, 2.75) is 6.54 Å². The Hall–Kier alpha value is -0.820. The maximum Gasteiger partial charge on any atom is 0.169 e. The second-order valence-corrected chi connectivity index (χ2v) is 2.19. The summed E-state index contributed by atoms with van der Waals surface area (Å²) in [5.41, 5.74) is 1.53. The highest BCUT2D eigenvalue weighted by Crippen LogP contribution is 1.80. The topological polar surface area (TPSA) is 3.88 Å². The van der Waals surface area contributed by atoms with Crippen LogP contribution in [-0.2, 0) is 6.54 Å². The first-order chi connectivity index (χ1) is 4.93. The van der Waals surface area contributed by atoms with Crippen molar-refractivity contribution in [3.63, 3.8) is 0 Å². The van der Waals surface area contributed by atoms with Crippen LogP contribution in [0, 0.1) is 0 Å². The minimum Gasteiger partial charge on any atom is -0.201 e. The molecule has 0 bridgehead atoms. The minimum absolute atomic E-state index is 0.838. The van der Waals surface area contributed by atoms with E-state index in [1.54, 1.807) is 0 Å². The first kappa shape index (κ1) is 7.29. The van der Waals surface area contributed by atoms with Gasteiger partial charge < -0.3 is 0 Å². The van der Waals surface area contributed by atoms with E-state index < -0.39 is 0 Å². The third-order valence-electron chi connectivity index (χ3n) is 1.18. The fourth-order valence-corrected chi connectivity index (χ4v) is 0.797. The van der Waals surface area contributed by atoms with Crippen molar-refractivity contribution in [3.05, 3.63) is 42.2 Å². The Morgan fingerprint density at radius 2 is 1.90 bits per heavy atom. The summed E-state index contributed by atoms with van der Waals surface area (Å²) < 4.78 is 2.04. The summed E-state index contributed by atoms with van der Waals surface area (Å²) in [5, 5.41) is 0. The first-order valence-corrected chi connectivity index (χ1v) is 3.56. The summed E-state index contributed by atoms with van der Waals surface area (Å²) in [4.78, 5) is 0. The Morgan fingerprint density at radius 1 is 1.20 bits per heavy atom. The van der Waals surface area contributed by atoms with E-state index >= 15 is 0 Å². The average molecular weight is 155 g/mol. The van der Waals surface area contributed by atoms with Gasteiger partial charge >= 0.3 is 0 Å². The number of hydrogen-bond donors (Lipinski definition) is 0. The lowest BCUT2D eigenvalue weighted by Gasteiger charge is -1.86. The molecule has 0 spiro atoms. The van der Waals surface area contributed by atoms with Crippen LogP contribution in [0.4, 0.5) is 0 Å². The lowest BCUT2D eigenvalue weighted by atomic mass is 10.5. The number of hydrogen-bond acceptors (Lipinski definition) is 0. The molecule has 0 saturated carbocycles. The van der Waals surface area contributed by atoms with Crippen LogP contribution >= 0.6 is 11.6 Å². The SMILES string of the molecule is Cl/C=C/C[n+]1ccccc1. The molecular formula is C8H9ClN+. The van der Waals surface area contributed by atoms with Gasteiger partial charge in [0.15, 0.2) is 18.9 Å².